The van der Waals surface area contributed by atoms with Gasteiger partial charge in [0.2, 0.25) is 29.5 Å². The second kappa shape index (κ2) is 39.1. The number of nitriles is 2. The molecule has 6 aliphatic rings. The molecule has 5 saturated carbocycles. The first-order valence-corrected chi connectivity index (χ1v) is 46.1. The zero-order valence-corrected chi connectivity index (χ0v) is 78.6. The summed E-state index contributed by atoms with van der Waals surface area (Å²) < 4.78 is 39.3. The van der Waals surface area contributed by atoms with Crippen molar-refractivity contribution in [3.8, 4) is 68.4 Å². The first kappa shape index (κ1) is 96.0. The van der Waals surface area contributed by atoms with E-state index in [0.29, 0.717) is 110 Å². The molecule has 1 aliphatic heterocycles. The second-order valence-corrected chi connectivity index (χ2v) is 37.2. The maximum absolute atomic E-state index is 13.1. The fraction of sp³-hybridized carbons (Fsp3) is 0.274. The number of carbonyl (C=O) groups is 5. The number of halogens is 3. The molecule has 714 valence electrons. The van der Waals surface area contributed by atoms with Crippen molar-refractivity contribution in [2.45, 2.75) is 143 Å². The molecule has 0 spiro atoms. The van der Waals surface area contributed by atoms with E-state index in [-0.39, 0.29) is 72.5 Å². The van der Waals surface area contributed by atoms with Crippen molar-refractivity contribution in [1.82, 2.24) is 59.8 Å². The fourth-order valence-electron chi connectivity index (χ4n) is 16.8. The van der Waals surface area contributed by atoms with E-state index in [1.807, 2.05) is 99.6 Å². The number of amides is 5. The Kier molecular flexibility index (Phi) is 26.6. The lowest BCUT2D eigenvalue weighted by Gasteiger charge is -2.18. The molecule has 5 fully saturated rings. The van der Waals surface area contributed by atoms with Crippen molar-refractivity contribution in [1.29, 1.82) is 10.5 Å². The van der Waals surface area contributed by atoms with Crippen LogP contribution in [0.5, 0.6) is 0 Å². The van der Waals surface area contributed by atoms with Gasteiger partial charge in [0.05, 0.1) is 93.4 Å². The first-order chi connectivity index (χ1) is 67.3. The molecule has 0 saturated heterocycles. The van der Waals surface area contributed by atoms with E-state index in [1.54, 1.807) is 101 Å². The van der Waals surface area contributed by atoms with Crippen molar-refractivity contribution in [2.75, 3.05) is 60.6 Å². The van der Waals surface area contributed by atoms with E-state index in [4.69, 9.17) is 39.2 Å². The number of nitrogens with one attached hydrogen (secondary N) is 6. The van der Waals surface area contributed by atoms with E-state index in [1.165, 1.54) is 16.7 Å². The number of aromatic nitrogens is 12. The minimum Gasteiger partial charge on any atom is -0.384 e. The summed E-state index contributed by atoms with van der Waals surface area (Å²) in [4.78, 5) is 113. The van der Waals surface area contributed by atoms with E-state index in [2.05, 4.69) is 149 Å². The Morgan fingerprint density at radius 2 is 0.674 bits per heavy atom. The highest BCUT2D eigenvalue weighted by atomic mass is 19.1. The van der Waals surface area contributed by atoms with E-state index in [9.17, 15) is 47.4 Å². The molecule has 0 unspecified atom stereocenters. The summed E-state index contributed by atoms with van der Waals surface area (Å²) in [6.45, 7) is 20.8. The number of nitrogens with two attached hydrogens (primary N) is 5. The van der Waals surface area contributed by atoms with Crippen LogP contribution in [-0.2, 0) is 54.4 Å². The third kappa shape index (κ3) is 21.5. The summed E-state index contributed by atoms with van der Waals surface area (Å²) in [5.41, 5.74) is 46.5. The van der Waals surface area contributed by atoms with Gasteiger partial charge in [-0.2, -0.15) is 10.5 Å². The Hall–Kier alpha value is -16.7. The molecular weight excluding hydrogens is 1790 g/mol. The fourth-order valence-corrected chi connectivity index (χ4v) is 16.8. The third-order valence-corrected chi connectivity index (χ3v) is 25.5. The van der Waals surface area contributed by atoms with E-state index < -0.39 is 47.5 Å². The number of alkyl halides is 3. The number of aryl methyl sites for hydroxylation is 5. The zero-order chi connectivity index (χ0) is 100. The Labute approximate surface area is 808 Å². The first-order valence-electron chi connectivity index (χ1n) is 46.1. The number of nitrogens with zero attached hydrogens (tertiary/aromatic N) is 14. The minimum atomic E-state index is -1.07. The smallest absolute Gasteiger partial charge is 0.231 e. The summed E-state index contributed by atoms with van der Waals surface area (Å²) in [5, 5.41) is 62.5. The van der Waals surface area contributed by atoms with Gasteiger partial charge in [-0.25, -0.2) is 63.0 Å². The molecule has 0 radical (unpaired) electrons. The minimum absolute atomic E-state index is 0.160. The average molecular weight is 1900 g/mol. The summed E-state index contributed by atoms with van der Waals surface area (Å²) in [7, 11) is 0. The molecule has 15 aromatic rings. The lowest BCUT2D eigenvalue weighted by molar-refractivity contribution is -0.118. The zero-order valence-electron chi connectivity index (χ0n) is 78.6. The molecule has 10 atom stereocenters. The van der Waals surface area contributed by atoms with Gasteiger partial charge >= 0.3 is 0 Å². The standard InChI is InChI=1S/C22H20FN5O.2C21H22FN5O2.2C21H19N5O/c1-10-3-18-13(4-11(2)26-18)5-14(10)19-6-12-7-20(25-9-16(12)21(24)27-19)28-22(29)15-8-17(15)23;2*1-10-4-17(21(2,3)29)24-8-13(10)16-5-11-6-18(25-9-14(11)19(23)26-16)27-20(28)12-7-15(12)22;2*1-2-12-5-3-4-6-15(12)18-8-13-9-19(24-11-17(13)20(23)25-18)26-21(27)16-7-14(16)10-22/h3,5-7,9,15,17,26H,2,4,8H2,1H3,(H2,24,27)(H,25,28,29);2*4-6,8-9,12,15,29H,7H2,1-3H3,(H2,23,26)(H,25,27,28);2*3-6,8-9,11,14,16H,2,7H2,1H3,(H2,23,25)(H,24,26,27)/t15-,17+;2*12-,15+;2*14-,16-/m01010/s1. The number of benzene rings is 3. The molecular formula is C106H102F3N25O7. The van der Waals surface area contributed by atoms with Crippen LogP contribution in [0.4, 0.5) is 77.0 Å². The maximum Gasteiger partial charge on any atom is 0.231 e. The maximum atomic E-state index is 13.1. The molecule has 18 N–H and O–H groups in total. The van der Waals surface area contributed by atoms with E-state index >= 15 is 0 Å². The summed E-state index contributed by atoms with van der Waals surface area (Å²) in [6, 6.07) is 46.6. The second-order valence-electron chi connectivity index (χ2n) is 37.2. The van der Waals surface area contributed by atoms with Gasteiger partial charge in [-0.3, -0.25) is 33.9 Å². The molecule has 3 aromatic carbocycles. The summed E-state index contributed by atoms with van der Waals surface area (Å²) in [6.07, 6.45) is 12.7. The van der Waals surface area contributed by atoms with E-state index in [0.717, 1.165) is 130 Å². The number of pyridine rings is 12. The number of aliphatic hydroxyl groups is 2. The topological polar surface area (TPSA) is 530 Å². The lowest BCUT2D eigenvalue weighted by Crippen LogP contribution is -2.17. The van der Waals surface area contributed by atoms with Gasteiger partial charge in [0.15, 0.2) is 0 Å². The van der Waals surface area contributed by atoms with Crippen LogP contribution < -0.4 is 60.6 Å². The predicted octanol–water partition coefficient (Wildman–Crippen LogP) is 17.3. The number of hydrogen-bond acceptors (Lipinski definition) is 27. The van der Waals surface area contributed by atoms with Crippen LogP contribution in [0.1, 0.15) is 118 Å². The lowest BCUT2D eigenvalue weighted by atomic mass is 9.99. The number of rotatable bonds is 19. The van der Waals surface area contributed by atoms with Crippen LogP contribution in [0.25, 0.3) is 110 Å². The molecule has 32 nitrogen and oxygen atoms in total. The van der Waals surface area contributed by atoms with Crippen molar-refractivity contribution < 1.29 is 47.4 Å². The molecule has 5 aliphatic carbocycles. The monoisotopic (exact) mass is 1890 g/mol. The van der Waals surface area contributed by atoms with Gasteiger partial charge in [0.25, 0.3) is 0 Å². The largest absolute Gasteiger partial charge is 0.384 e. The average Bonchev–Trinajstić information content (AvgIpc) is 1.75. The Morgan fingerprint density at radius 3 is 0.943 bits per heavy atom. The van der Waals surface area contributed by atoms with Gasteiger partial charge in [0, 0.05) is 116 Å². The van der Waals surface area contributed by atoms with Gasteiger partial charge in [-0.1, -0.05) is 69.0 Å². The Morgan fingerprint density at radius 1 is 0.397 bits per heavy atom. The van der Waals surface area contributed by atoms with Crippen LogP contribution in [0, 0.1) is 84.9 Å². The molecule has 21 rings (SSSR count). The molecule has 0 bridgehead atoms. The highest BCUT2D eigenvalue weighted by molar-refractivity contribution is 6.05. The van der Waals surface area contributed by atoms with Crippen molar-refractivity contribution >= 4 is 147 Å². The SMILES string of the molecule is C=C1Cc2cc(-c3cc4cc(NC(=O)[C@H]5C[C@H]5F)ncc4c(N)n3)c(C)cc2N1.CCc1ccccc1-c1cc2cc(NC(=O)[C@@H]3C[C@@H]3C#N)ncc2c(N)n1.CCc1ccccc1-c1cc2cc(NC(=O)[C@H]3C[C@H]3C#N)ncc2c(N)n1.Cc1cc(C(C)(C)O)ncc1-c1cc2cc(NC(=O)[C@@H]3C[C@@H]3F)ncc2c(N)n1.Cc1cc(C(C)(C)O)ncc1-c1cc2cc(NC(=O)[C@H]3C[C@H]3F)ncc2c(N)n1. The van der Waals surface area contributed by atoms with Crippen molar-refractivity contribution in [3.63, 3.8) is 0 Å². The van der Waals surface area contributed by atoms with Gasteiger partial charge in [-0.15, -0.1) is 0 Å². The Bertz CT molecular complexity index is 7360. The molecule has 141 heavy (non-hydrogen) atoms. The predicted molar refractivity (Wildman–Crippen MR) is 539 cm³/mol. The summed E-state index contributed by atoms with van der Waals surface area (Å²) >= 11 is 0. The quantitative estimate of drug-likeness (QED) is 0.0357. The third-order valence-electron chi connectivity index (χ3n) is 25.5. The molecule has 35 heteroatoms. The number of hydrogen-bond donors (Lipinski definition) is 13. The molecule has 13 heterocycles. The van der Waals surface area contributed by atoms with Gasteiger partial charge in [0.1, 0.15) is 87.9 Å². The number of fused-ring (bicyclic) bond motifs is 6. The summed E-state index contributed by atoms with van der Waals surface area (Å²) in [5.74, 6) is -0.200. The van der Waals surface area contributed by atoms with Crippen molar-refractivity contribution in [2.24, 2.45) is 41.4 Å². The van der Waals surface area contributed by atoms with Crippen LogP contribution in [0.15, 0.2) is 189 Å². The number of allylic oxidation sites excluding steroid dienone is 1. The van der Waals surface area contributed by atoms with Crippen LogP contribution >= 0.6 is 0 Å². The highest BCUT2D eigenvalue weighted by Gasteiger charge is 2.47. The number of anilines is 11. The molecule has 5 amide bonds. The van der Waals surface area contributed by atoms with Gasteiger partial charge < -0.3 is 70.8 Å². The highest BCUT2D eigenvalue weighted by Crippen LogP contribution is 2.45. The molecule has 12 aromatic heterocycles. The van der Waals surface area contributed by atoms with Crippen LogP contribution in [-0.4, -0.2) is 118 Å². The van der Waals surface area contributed by atoms with Crippen molar-refractivity contribution in [3.05, 3.63) is 234 Å². The normalized spacial score (nSPS) is 18.7. The van der Waals surface area contributed by atoms with Crippen LogP contribution in [0.2, 0.25) is 0 Å². The van der Waals surface area contributed by atoms with Gasteiger partial charge in [-0.05, 0) is 239 Å². The Balaban J connectivity index is 0.000000121. The number of carbonyl (C=O) groups excluding carboxylic acids is 5. The number of nitrogen functional groups attached to an aromatic ring is 5. The van der Waals surface area contributed by atoms with Crippen LogP contribution in [0.3, 0.4) is 0 Å².